The topological polar surface area (TPSA) is 62.7 Å². The summed E-state index contributed by atoms with van der Waals surface area (Å²) in [5, 5.41) is 8.42. The summed E-state index contributed by atoms with van der Waals surface area (Å²) in [5.74, 6) is -0.0749. The van der Waals surface area contributed by atoms with E-state index in [9.17, 15) is 4.79 Å². The van der Waals surface area contributed by atoms with E-state index in [1.165, 1.54) is 0 Å². The maximum atomic E-state index is 12.3. The van der Waals surface area contributed by atoms with Crippen LogP contribution in [0.1, 0.15) is 27.3 Å². The Bertz CT molecular complexity index is 813. The summed E-state index contributed by atoms with van der Waals surface area (Å²) in [5.41, 5.74) is 4.73. The first-order valence-corrected chi connectivity index (χ1v) is 6.90. The van der Waals surface area contributed by atoms with Gasteiger partial charge in [0, 0.05) is 42.1 Å². The second-order valence-electron chi connectivity index (χ2n) is 5.24. The standard InChI is InChI=1S/C16H18N4O/c1-10-14(11(2)20(3)19-10)9-18-16(21)13-5-4-12-6-7-17-15(12)8-13/h4-8,17H,9H2,1-3H3,(H,18,21). The van der Waals surface area contributed by atoms with Crippen LogP contribution in [0.4, 0.5) is 0 Å². The summed E-state index contributed by atoms with van der Waals surface area (Å²) in [6, 6.07) is 7.64. The highest BCUT2D eigenvalue weighted by Crippen LogP contribution is 2.15. The third-order valence-corrected chi connectivity index (χ3v) is 3.90. The van der Waals surface area contributed by atoms with Crippen LogP contribution in [-0.2, 0) is 13.6 Å². The smallest absolute Gasteiger partial charge is 0.251 e. The van der Waals surface area contributed by atoms with Crippen LogP contribution in [0, 0.1) is 13.8 Å². The summed E-state index contributed by atoms with van der Waals surface area (Å²) in [4.78, 5) is 15.4. The molecule has 0 radical (unpaired) electrons. The molecule has 0 aliphatic heterocycles. The van der Waals surface area contributed by atoms with Gasteiger partial charge in [0.2, 0.25) is 0 Å². The molecule has 108 valence electrons. The average molecular weight is 282 g/mol. The Kier molecular flexibility index (Phi) is 3.25. The lowest BCUT2D eigenvalue weighted by Crippen LogP contribution is -2.23. The minimum atomic E-state index is -0.0749. The number of aromatic amines is 1. The fraction of sp³-hybridized carbons (Fsp3) is 0.250. The van der Waals surface area contributed by atoms with Crippen molar-refractivity contribution in [1.82, 2.24) is 20.1 Å². The molecule has 2 heterocycles. The summed E-state index contributed by atoms with van der Waals surface area (Å²) in [6.45, 7) is 4.46. The number of benzene rings is 1. The number of hydrogen-bond donors (Lipinski definition) is 2. The van der Waals surface area contributed by atoms with Crippen LogP contribution in [-0.4, -0.2) is 20.7 Å². The molecule has 2 N–H and O–H groups in total. The molecule has 0 saturated carbocycles. The number of nitrogens with one attached hydrogen (secondary N) is 2. The second-order valence-corrected chi connectivity index (χ2v) is 5.24. The Hall–Kier alpha value is -2.56. The predicted octanol–water partition coefficient (Wildman–Crippen LogP) is 2.45. The molecule has 5 nitrogen and oxygen atoms in total. The molecule has 3 rings (SSSR count). The molecule has 0 spiro atoms. The summed E-state index contributed by atoms with van der Waals surface area (Å²) >= 11 is 0. The zero-order valence-electron chi connectivity index (χ0n) is 12.4. The van der Waals surface area contributed by atoms with Gasteiger partial charge in [-0.25, -0.2) is 0 Å². The molecule has 5 heteroatoms. The van der Waals surface area contributed by atoms with Gasteiger partial charge >= 0.3 is 0 Å². The van der Waals surface area contributed by atoms with Crippen molar-refractivity contribution in [2.45, 2.75) is 20.4 Å². The van der Waals surface area contributed by atoms with Gasteiger partial charge in [-0.2, -0.15) is 5.10 Å². The summed E-state index contributed by atoms with van der Waals surface area (Å²) in [7, 11) is 1.91. The number of rotatable bonds is 3. The number of hydrogen-bond acceptors (Lipinski definition) is 2. The molecule has 0 bridgehead atoms. The molecule has 0 saturated heterocycles. The molecule has 3 aromatic rings. The Balaban J connectivity index is 1.76. The van der Waals surface area contributed by atoms with Crippen molar-refractivity contribution in [3.63, 3.8) is 0 Å². The molecule has 0 aliphatic rings. The maximum Gasteiger partial charge on any atom is 0.251 e. The lowest BCUT2D eigenvalue weighted by molar-refractivity contribution is 0.0951. The van der Waals surface area contributed by atoms with Crippen molar-refractivity contribution >= 4 is 16.8 Å². The Morgan fingerprint density at radius 2 is 2.14 bits per heavy atom. The number of aromatic nitrogens is 3. The number of fused-ring (bicyclic) bond motifs is 1. The lowest BCUT2D eigenvalue weighted by atomic mass is 10.1. The molecule has 0 aliphatic carbocycles. The lowest BCUT2D eigenvalue weighted by Gasteiger charge is -2.06. The van der Waals surface area contributed by atoms with Gasteiger partial charge in [-0.05, 0) is 37.4 Å². The van der Waals surface area contributed by atoms with Gasteiger partial charge in [0.25, 0.3) is 5.91 Å². The normalized spacial score (nSPS) is 11.0. The van der Waals surface area contributed by atoms with E-state index in [1.807, 2.05) is 56.0 Å². The molecule has 2 aromatic heterocycles. The molecular formula is C16H18N4O. The maximum absolute atomic E-state index is 12.3. The molecular weight excluding hydrogens is 264 g/mol. The van der Waals surface area contributed by atoms with Crippen LogP contribution in [0.15, 0.2) is 30.5 Å². The fourth-order valence-corrected chi connectivity index (χ4v) is 2.53. The quantitative estimate of drug-likeness (QED) is 0.775. The molecule has 21 heavy (non-hydrogen) atoms. The van der Waals surface area contributed by atoms with Gasteiger partial charge < -0.3 is 10.3 Å². The van der Waals surface area contributed by atoms with Crippen LogP contribution in [0.3, 0.4) is 0 Å². The highest BCUT2D eigenvalue weighted by Gasteiger charge is 2.12. The molecule has 0 fully saturated rings. The van der Waals surface area contributed by atoms with E-state index in [0.717, 1.165) is 27.9 Å². The monoisotopic (exact) mass is 282 g/mol. The van der Waals surface area contributed by atoms with Crippen molar-refractivity contribution < 1.29 is 4.79 Å². The van der Waals surface area contributed by atoms with Gasteiger partial charge in [-0.15, -0.1) is 0 Å². The largest absolute Gasteiger partial charge is 0.361 e. The Morgan fingerprint density at radius 3 is 2.86 bits per heavy atom. The Morgan fingerprint density at radius 1 is 1.33 bits per heavy atom. The highest BCUT2D eigenvalue weighted by atomic mass is 16.1. The van der Waals surface area contributed by atoms with E-state index >= 15 is 0 Å². The molecule has 0 atom stereocenters. The van der Waals surface area contributed by atoms with Crippen LogP contribution in [0.2, 0.25) is 0 Å². The van der Waals surface area contributed by atoms with E-state index in [1.54, 1.807) is 0 Å². The number of nitrogens with zero attached hydrogens (tertiary/aromatic N) is 2. The second kappa shape index (κ2) is 5.09. The number of H-pyrrole nitrogens is 1. The zero-order valence-corrected chi connectivity index (χ0v) is 12.4. The predicted molar refractivity (Wildman–Crippen MR) is 82.2 cm³/mol. The van der Waals surface area contributed by atoms with Crippen LogP contribution in [0.5, 0.6) is 0 Å². The number of aryl methyl sites for hydroxylation is 2. The van der Waals surface area contributed by atoms with E-state index in [4.69, 9.17) is 0 Å². The first kappa shape index (κ1) is 13.4. The van der Waals surface area contributed by atoms with E-state index in [0.29, 0.717) is 12.1 Å². The van der Waals surface area contributed by atoms with Crippen molar-refractivity contribution in [1.29, 1.82) is 0 Å². The SMILES string of the molecule is Cc1nn(C)c(C)c1CNC(=O)c1ccc2cc[nH]c2c1. The average Bonchev–Trinajstić information content (AvgIpc) is 3.02. The van der Waals surface area contributed by atoms with Gasteiger partial charge in [-0.1, -0.05) is 6.07 Å². The van der Waals surface area contributed by atoms with Crippen LogP contribution >= 0.6 is 0 Å². The molecule has 1 aromatic carbocycles. The van der Waals surface area contributed by atoms with Crippen molar-refractivity contribution in [2.75, 3.05) is 0 Å². The molecule has 0 unspecified atom stereocenters. The minimum Gasteiger partial charge on any atom is -0.361 e. The molecule has 1 amide bonds. The minimum absolute atomic E-state index is 0.0749. The van der Waals surface area contributed by atoms with Gasteiger partial charge in [0.05, 0.1) is 5.69 Å². The first-order chi connectivity index (χ1) is 10.1. The zero-order chi connectivity index (χ0) is 15.0. The van der Waals surface area contributed by atoms with E-state index in [2.05, 4.69) is 15.4 Å². The van der Waals surface area contributed by atoms with Gasteiger partial charge in [0.1, 0.15) is 0 Å². The first-order valence-electron chi connectivity index (χ1n) is 6.90. The third kappa shape index (κ3) is 2.42. The summed E-state index contributed by atoms with van der Waals surface area (Å²) in [6.07, 6.45) is 1.87. The number of carbonyl (C=O) groups is 1. The van der Waals surface area contributed by atoms with Crippen LogP contribution in [0.25, 0.3) is 10.9 Å². The van der Waals surface area contributed by atoms with Gasteiger partial charge in [0.15, 0.2) is 0 Å². The fourth-order valence-electron chi connectivity index (χ4n) is 2.53. The van der Waals surface area contributed by atoms with E-state index in [-0.39, 0.29) is 5.91 Å². The van der Waals surface area contributed by atoms with Gasteiger partial charge in [-0.3, -0.25) is 9.48 Å². The Labute approximate surface area is 123 Å². The van der Waals surface area contributed by atoms with Crippen LogP contribution < -0.4 is 5.32 Å². The van der Waals surface area contributed by atoms with E-state index < -0.39 is 0 Å². The third-order valence-electron chi connectivity index (χ3n) is 3.90. The van der Waals surface area contributed by atoms with Crippen molar-refractivity contribution in [2.24, 2.45) is 7.05 Å². The van der Waals surface area contributed by atoms with Crippen molar-refractivity contribution in [3.05, 3.63) is 53.0 Å². The number of amides is 1. The van der Waals surface area contributed by atoms with Crippen molar-refractivity contribution in [3.8, 4) is 0 Å². The summed E-state index contributed by atoms with van der Waals surface area (Å²) < 4.78 is 1.84. The highest BCUT2D eigenvalue weighted by molar-refractivity contribution is 5.97. The number of carbonyl (C=O) groups excluding carboxylic acids is 1.